The number of hydrogen-bond acceptors (Lipinski definition) is 3. The largest absolute Gasteiger partial charge is 0.393 e. The quantitative estimate of drug-likeness (QED) is 0.793. The minimum absolute atomic E-state index is 0.0885. The van der Waals surface area contributed by atoms with E-state index < -0.39 is 16.1 Å². The fourth-order valence-corrected chi connectivity index (χ4v) is 3.63. The first-order valence-electron chi connectivity index (χ1n) is 5.46. The van der Waals surface area contributed by atoms with E-state index in [1.165, 1.54) is 12.1 Å². The van der Waals surface area contributed by atoms with E-state index in [4.69, 9.17) is 28.3 Å². The molecule has 0 heterocycles. The Kier molecular flexibility index (Phi) is 5.88. The molecule has 0 aliphatic carbocycles. The normalized spacial score (nSPS) is 13.6. The first kappa shape index (κ1) is 15.7. The van der Waals surface area contributed by atoms with E-state index >= 15 is 0 Å². The van der Waals surface area contributed by atoms with Crippen molar-refractivity contribution in [3.8, 4) is 0 Å². The molecule has 7 heteroatoms. The third kappa shape index (κ3) is 4.40. The highest BCUT2D eigenvalue weighted by Crippen LogP contribution is 2.28. The summed E-state index contributed by atoms with van der Waals surface area (Å²) in [6.07, 6.45) is 0.621. The standard InChI is InChI=1S/C11H15Cl2NO3S/c1-8(15)4-3-7-14-18(16,17)11-9(12)5-2-6-10(11)13/h2,5-6,8,14-15H,3-4,7H2,1H3. The van der Waals surface area contributed by atoms with Crippen molar-refractivity contribution < 1.29 is 13.5 Å². The Morgan fingerprint density at radius 1 is 1.33 bits per heavy atom. The summed E-state index contributed by atoms with van der Waals surface area (Å²) < 4.78 is 26.4. The third-order valence-electron chi connectivity index (χ3n) is 2.28. The Morgan fingerprint density at radius 3 is 2.39 bits per heavy atom. The van der Waals surface area contributed by atoms with Crippen LogP contribution in [0, 0.1) is 0 Å². The zero-order valence-corrected chi connectivity index (χ0v) is 12.2. The van der Waals surface area contributed by atoms with Crippen LogP contribution in [0.1, 0.15) is 19.8 Å². The van der Waals surface area contributed by atoms with Crippen molar-refractivity contribution >= 4 is 33.2 Å². The highest BCUT2D eigenvalue weighted by atomic mass is 35.5. The molecule has 0 saturated carbocycles. The molecule has 18 heavy (non-hydrogen) atoms. The number of rotatable bonds is 6. The first-order chi connectivity index (χ1) is 8.34. The number of nitrogens with one attached hydrogen (secondary N) is 1. The van der Waals surface area contributed by atoms with E-state index in [9.17, 15) is 8.42 Å². The lowest BCUT2D eigenvalue weighted by molar-refractivity contribution is 0.182. The van der Waals surface area contributed by atoms with Crippen molar-refractivity contribution in [2.75, 3.05) is 6.54 Å². The SMILES string of the molecule is CC(O)CCCNS(=O)(=O)c1c(Cl)cccc1Cl. The van der Waals surface area contributed by atoms with Crippen LogP contribution in [0.3, 0.4) is 0 Å². The maximum Gasteiger partial charge on any atom is 0.243 e. The van der Waals surface area contributed by atoms with Crippen LogP contribution in [0.4, 0.5) is 0 Å². The van der Waals surface area contributed by atoms with E-state index in [0.29, 0.717) is 12.8 Å². The topological polar surface area (TPSA) is 66.4 Å². The summed E-state index contributed by atoms with van der Waals surface area (Å²) in [6, 6.07) is 4.52. The van der Waals surface area contributed by atoms with Gasteiger partial charge in [-0.1, -0.05) is 29.3 Å². The van der Waals surface area contributed by atoms with Crippen molar-refractivity contribution in [2.45, 2.75) is 30.8 Å². The molecule has 0 aliphatic rings. The van der Waals surface area contributed by atoms with Crippen LogP contribution in [-0.4, -0.2) is 26.2 Å². The molecule has 1 atom stereocenters. The number of aliphatic hydroxyl groups is 1. The second-order valence-corrected chi connectivity index (χ2v) is 6.46. The average molecular weight is 312 g/mol. The molecule has 1 unspecified atom stereocenters. The summed E-state index contributed by atoms with van der Waals surface area (Å²) in [5.74, 6) is 0. The summed E-state index contributed by atoms with van der Waals surface area (Å²) in [7, 11) is -3.72. The van der Waals surface area contributed by atoms with Crippen LogP contribution < -0.4 is 4.72 Å². The molecule has 102 valence electrons. The molecule has 4 nitrogen and oxygen atoms in total. The molecule has 1 aromatic rings. The summed E-state index contributed by atoms with van der Waals surface area (Å²) in [5.41, 5.74) is 0. The Hall–Kier alpha value is -0.330. The first-order valence-corrected chi connectivity index (χ1v) is 7.70. The Balaban J connectivity index is 2.75. The second kappa shape index (κ2) is 6.73. The maximum atomic E-state index is 12.0. The minimum atomic E-state index is -3.72. The van der Waals surface area contributed by atoms with Crippen LogP contribution in [0.15, 0.2) is 23.1 Å². The van der Waals surface area contributed by atoms with Crippen LogP contribution in [-0.2, 0) is 10.0 Å². The molecule has 0 aromatic heterocycles. The zero-order valence-electron chi connectivity index (χ0n) is 9.86. The molecule has 2 N–H and O–H groups in total. The van der Waals surface area contributed by atoms with Gasteiger partial charge in [0.2, 0.25) is 10.0 Å². The summed E-state index contributed by atoms with van der Waals surface area (Å²) in [6.45, 7) is 1.88. The highest BCUT2D eigenvalue weighted by molar-refractivity contribution is 7.89. The smallest absolute Gasteiger partial charge is 0.243 e. The van der Waals surface area contributed by atoms with Gasteiger partial charge >= 0.3 is 0 Å². The fraction of sp³-hybridized carbons (Fsp3) is 0.455. The lowest BCUT2D eigenvalue weighted by Gasteiger charge is -2.10. The Bertz CT molecular complexity index is 483. The van der Waals surface area contributed by atoms with Crippen LogP contribution >= 0.6 is 23.2 Å². The van der Waals surface area contributed by atoms with E-state index in [1.54, 1.807) is 13.0 Å². The van der Waals surface area contributed by atoms with E-state index in [1.807, 2.05) is 0 Å². The molecular formula is C11H15Cl2NO3S. The molecule has 0 fully saturated rings. The van der Waals surface area contributed by atoms with Gasteiger partial charge in [-0.05, 0) is 31.9 Å². The Labute approximate surface area is 117 Å². The molecule has 0 saturated heterocycles. The predicted octanol–water partition coefficient (Wildman–Crippen LogP) is 2.43. The summed E-state index contributed by atoms with van der Waals surface area (Å²) in [4.78, 5) is -0.106. The number of hydrogen-bond donors (Lipinski definition) is 2. The molecular weight excluding hydrogens is 297 g/mol. The van der Waals surface area contributed by atoms with E-state index in [0.717, 1.165) is 0 Å². The number of aliphatic hydroxyl groups excluding tert-OH is 1. The summed E-state index contributed by atoms with van der Waals surface area (Å²) in [5, 5.41) is 9.24. The molecule has 1 rings (SSSR count). The monoisotopic (exact) mass is 311 g/mol. The average Bonchev–Trinajstić information content (AvgIpc) is 2.23. The van der Waals surface area contributed by atoms with E-state index in [-0.39, 0.29) is 21.5 Å². The highest BCUT2D eigenvalue weighted by Gasteiger charge is 2.20. The van der Waals surface area contributed by atoms with Crippen LogP contribution in [0.5, 0.6) is 0 Å². The van der Waals surface area contributed by atoms with Gasteiger partial charge in [-0.3, -0.25) is 0 Å². The molecule has 0 bridgehead atoms. The van der Waals surface area contributed by atoms with Gasteiger partial charge in [0.1, 0.15) is 4.90 Å². The van der Waals surface area contributed by atoms with Crippen LogP contribution in [0.25, 0.3) is 0 Å². The van der Waals surface area contributed by atoms with Gasteiger partial charge in [0.25, 0.3) is 0 Å². The predicted molar refractivity (Wildman–Crippen MR) is 72.6 cm³/mol. The van der Waals surface area contributed by atoms with Crippen molar-refractivity contribution in [1.82, 2.24) is 4.72 Å². The lowest BCUT2D eigenvalue weighted by atomic mass is 10.2. The van der Waals surface area contributed by atoms with Crippen molar-refractivity contribution in [2.24, 2.45) is 0 Å². The Morgan fingerprint density at radius 2 is 1.89 bits per heavy atom. The minimum Gasteiger partial charge on any atom is -0.393 e. The fourth-order valence-electron chi connectivity index (χ4n) is 1.42. The van der Waals surface area contributed by atoms with Gasteiger partial charge in [-0.15, -0.1) is 0 Å². The molecule has 0 radical (unpaired) electrons. The third-order valence-corrected chi connectivity index (χ3v) is 4.69. The van der Waals surface area contributed by atoms with Gasteiger partial charge in [0.15, 0.2) is 0 Å². The molecule has 0 spiro atoms. The lowest BCUT2D eigenvalue weighted by Crippen LogP contribution is -2.26. The molecule has 0 amide bonds. The van der Waals surface area contributed by atoms with Crippen LogP contribution in [0.2, 0.25) is 10.0 Å². The summed E-state index contributed by atoms with van der Waals surface area (Å²) >= 11 is 11.7. The van der Waals surface area contributed by atoms with Gasteiger partial charge < -0.3 is 5.11 Å². The van der Waals surface area contributed by atoms with E-state index in [2.05, 4.69) is 4.72 Å². The number of sulfonamides is 1. The van der Waals surface area contributed by atoms with Gasteiger partial charge in [0, 0.05) is 6.54 Å². The van der Waals surface area contributed by atoms with Crippen molar-refractivity contribution in [1.29, 1.82) is 0 Å². The number of halogens is 2. The second-order valence-electron chi connectivity index (χ2n) is 3.94. The van der Waals surface area contributed by atoms with Gasteiger partial charge in [-0.25, -0.2) is 13.1 Å². The molecule has 1 aromatic carbocycles. The van der Waals surface area contributed by atoms with Gasteiger partial charge in [0.05, 0.1) is 16.1 Å². The van der Waals surface area contributed by atoms with Crippen molar-refractivity contribution in [3.05, 3.63) is 28.2 Å². The zero-order chi connectivity index (χ0) is 13.8. The van der Waals surface area contributed by atoms with Gasteiger partial charge in [-0.2, -0.15) is 0 Å². The molecule has 0 aliphatic heterocycles. The maximum absolute atomic E-state index is 12.0. The van der Waals surface area contributed by atoms with Crippen molar-refractivity contribution in [3.63, 3.8) is 0 Å². The number of benzene rings is 1.